The van der Waals surface area contributed by atoms with Crippen LogP contribution in [0.15, 0.2) is 18.2 Å². The van der Waals surface area contributed by atoms with Crippen molar-refractivity contribution in [3.8, 4) is 0 Å². The van der Waals surface area contributed by atoms with Crippen molar-refractivity contribution >= 4 is 33.0 Å². The molecule has 0 radical (unpaired) electrons. The van der Waals surface area contributed by atoms with E-state index in [0.29, 0.717) is 6.42 Å². The molecule has 0 aliphatic carbocycles. The minimum absolute atomic E-state index is 0.0169. The highest BCUT2D eigenvalue weighted by atomic mass is 35.5. The smallest absolute Gasteiger partial charge is 0.242 e. The van der Waals surface area contributed by atoms with Gasteiger partial charge < -0.3 is 4.90 Å². The van der Waals surface area contributed by atoms with Crippen molar-refractivity contribution in [3.63, 3.8) is 0 Å². The number of sulfone groups is 1. The molecule has 0 aromatic heterocycles. The molecule has 6 heteroatoms. The maximum Gasteiger partial charge on any atom is 0.242 e. The lowest BCUT2D eigenvalue weighted by atomic mass is 10.1. The van der Waals surface area contributed by atoms with Gasteiger partial charge in [-0.15, -0.1) is 11.6 Å². The highest BCUT2D eigenvalue weighted by Gasteiger charge is 2.35. The number of anilines is 1. The van der Waals surface area contributed by atoms with E-state index in [1.165, 1.54) is 0 Å². The summed E-state index contributed by atoms with van der Waals surface area (Å²) in [6.45, 7) is 3.90. The van der Waals surface area contributed by atoms with Gasteiger partial charge in [-0.2, -0.15) is 0 Å². The number of alkyl halides is 1. The number of hydrogen-bond acceptors (Lipinski definition) is 3. The van der Waals surface area contributed by atoms with Gasteiger partial charge in [0.25, 0.3) is 0 Å². The van der Waals surface area contributed by atoms with Crippen LogP contribution in [0.25, 0.3) is 0 Å². The molecule has 1 atom stereocenters. The van der Waals surface area contributed by atoms with Gasteiger partial charge >= 0.3 is 0 Å². The van der Waals surface area contributed by atoms with Gasteiger partial charge in [0.1, 0.15) is 5.88 Å². The van der Waals surface area contributed by atoms with E-state index < -0.39 is 9.84 Å². The van der Waals surface area contributed by atoms with Crippen LogP contribution >= 0.6 is 11.6 Å². The van der Waals surface area contributed by atoms with E-state index in [-0.39, 0.29) is 29.3 Å². The Labute approximate surface area is 124 Å². The lowest BCUT2D eigenvalue weighted by Gasteiger charge is -2.29. The van der Waals surface area contributed by atoms with Crippen LogP contribution in [0.4, 0.5) is 5.69 Å². The molecule has 1 heterocycles. The number of carbonyl (C=O) groups excluding carboxylic acids is 1. The average Bonchev–Trinajstić information content (AvgIpc) is 2.74. The zero-order chi connectivity index (χ0) is 14.9. The first-order chi connectivity index (χ1) is 9.35. The lowest BCUT2D eigenvalue weighted by molar-refractivity contribution is -0.116. The SMILES string of the molecule is Cc1cccc(N(C(=O)CCl)[C@@H]2CCS(=O)(=O)C2)c1C. The maximum atomic E-state index is 12.2. The summed E-state index contributed by atoms with van der Waals surface area (Å²) in [6.07, 6.45) is 0.471. The Morgan fingerprint density at radius 2 is 2.10 bits per heavy atom. The van der Waals surface area contributed by atoms with Gasteiger partial charge in [0.15, 0.2) is 9.84 Å². The first-order valence-corrected chi connectivity index (χ1v) is 8.86. The summed E-state index contributed by atoms with van der Waals surface area (Å²) in [7, 11) is -3.05. The number of aryl methyl sites for hydroxylation is 1. The van der Waals surface area contributed by atoms with Crippen LogP contribution in [0.5, 0.6) is 0 Å². The number of nitrogens with zero attached hydrogens (tertiary/aromatic N) is 1. The van der Waals surface area contributed by atoms with Crippen molar-refractivity contribution in [2.75, 3.05) is 22.3 Å². The molecule has 1 aromatic carbocycles. The molecule has 1 fully saturated rings. The predicted octanol–water partition coefficient (Wildman–Crippen LogP) is 2.06. The van der Waals surface area contributed by atoms with Crippen LogP contribution in [-0.2, 0) is 14.6 Å². The minimum Gasteiger partial charge on any atom is -0.307 e. The van der Waals surface area contributed by atoms with Crippen molar-refractivity contribution in [2.24, 2.45) is 0 Å². The van der Waals surface area contributed by atoms with Gasteiger partial charge in [-0.05, 0) is 37.5 Å². The topological polar surface area (TPSA) is 54.5 Å². The van der Waals surface area contributed by atoms with Crippen LogP contribution in [0, 0.1) is 13.8 Å². The van der Waals surface area contributed by atoms with Gasteiger partial charge in [-0.25, -0.2) is 8.42 Å². The second-order valence-corrected chi connectivity index (χ2v) is 7.67. The van der Waals surface area contributed by atoms with Gasteiger partial charge in [0.2, 0.25) is 5.91 Å². The fraction of sp³-hybridized carbons (Fsp3) is 0.500. The number of benzene rings is 1. The molecule has 0 unspecified atom stereocenters. The second-order valence-electron chi connectivity index (χ2n) is 5.17. The monoisotopic (exact) mass is 315 g/mol. The zero-order valence-electron chi connectivity index (χ0n) is 11.6. The van der Waals surface area contributed by atoms with Crippen LogP contribution in [0.1, 0.15) is 17.5 Å². The third-order valence-corrected chi connectivity index (χ3v) is 5.77. The first-order valence-electron chi connectivity index (χ1n) is 6.50. The Bertz CT molecular complexity index is 627. The number of halogens is 1. The van der Waals surface area contributed by atoms with E-state index >= 15 is 0 Å². The average molecular weight is 316 g/mol. The van der Waals surface area contributed by atoms with Gasteiger partial charge in [-0.1, -0.05) is 12.1 Å². The van der Waals surface area contributed by atoms with Crippen LogP contribution in [0.3, 0.4) is 0 Å². The predicted molar refractivity (Wildman–Crippen MR) is 81.2 cm³/mol. The Morgan fingerprint density at radius 3 is 2.65 bits per heavy atom. The van der Waals surface area contributed by atoms with Crippen molar-refractivity contribution in [3.05, 3.63) is 29.3 Å². The molecule has 2 rings (SSSR count). The van der Waals surface area contributed by atoms with Crippen molar-refractivity contribution in [1.29, 1.82) is 0 Å². The molecule has 1 aromatic rings. The Morgan fingerprint density at radius 1 is 1.40 bits per heavy atom. The third kappa shape index (κ3) is 2.99. The van der Waals surface area contributed by atoms with E-state index in [4.69, 9.17) is 11.6 Å². The fourth-order valence-corrected chi connectivity index (χ4v) is 4.40. The fourth-order valence-electron chi connectivity index (χ4n) is 2.57. The summed E-state index contributed by atoms with van der Waals surface area (Å²) < 4.78 is 23.3. The van der Waals surface area contributed by atoms with E-state index in [2.05, 4.69) is 0 Å². The molecular formula is C14H18ClNO3S. The molecular weight excluding hydrogens is 298 g/mol. The number of carbonyl (C=O) groups is 1. The van der Waals surface area contributed by atoms with Gasteiger partial charge in [0.05, 0.1) is 17.5 Å². The van der Waals surface area contributed by atoms with Gasteiger partial charge in [0, 0.05) is 5.69 Å². The molecule has 1 amide bonds. The summed E-state index contributed by atoms with van der Waals surface area (Å²) in [5.41, 5.74) is 2.81. The summed E-state index contributed by atoms with van der Waals surface area (Å²) in [5.74, 6) is -0.246. The highest BCUT2D eigenvalue weighted by molar-refractivity contribution is 7.91. The maximum absolute atomic E-state index is 12.2. The third-order valence-electron chi connectivity index (χ3n) is 3.79. The zero-order valence-corrected chi connectivity index (χ0v) is 13.2. The number of rotatable bonds is 3. The Kier molecular flexibility index (Phi) is 4.39. The summed E-state index contributed by atoms with van der Waals surface area (Å²) >= 11 is 5.70. The molecule has 4 nitrogen and oxygen atoms in total. The van der Waals surface area contributed by atoms with Crippen molar-refractivity contribution in [2.45, 2.75) is 26.3 Å². The van der Waals surface area contributed by atoms with Crippen LogP contribution in [-0.4, -0.2) is 37.8 Å². The van der Waals surface area contributed by atoms with E-state index in [0.717, 1.165) is 16.8 Å². The van der Waals surface area contributed by atoms with E-state index in [9.17, 15) is 13.2 Å². The molecule has 1 saturated heterocycles. The molecule has 0 bridgehead atoms. The lowest BCUT2D eigenvalue weighted by Crippen LogP contribution is -2.42. The standard InChI is InChI=1S/C14H18ClNO3S/c1-10-4-3-5-13(11(10)2)16(14(17)8-15)12-6-7-20(18,19)9-12/h3-5,12H,6-9H2,1-2H3/t12-/m1/s1. The second kappa shape index (κ2) is 5.74. The quantitative estimate of drug-likeness (QED) is 0.802. The molecule has 20 heavy (non-hydrogen) atoms. The van der Waals surface area contributed by atoms with Crippen LogP contribution in [0.2, 0.25) is 0 Å². The first kappa shape index (κ1) is 15.3. The number of hydrogen-bond donors (Lipinski definition) is 0. The molecule has 0 saturated carbocycles. The molecule has 1 aliphatic rings. The number of amides is 1. The Balaban J connectivity index is 2.44. The molecule has 0 spiro atoms. The summed E-state index contributed by atoms with van der Waals surface area (Å²) in [4.78, 5) is 13.7. The van der Waals surface area contributed by atoms with Gasteiger partial charge in [-0.3, -0.25) is 4.79 Å². The van der Waals surface area contributed by atoms with E-state index in [1.54, 1.807) is 4.90 Å². The molecule has 0 N–H and O–H groups in total. The molecule has 1 aliphatic heterocycles. The van der Waals surface area contributed by atoms with Crippen LogP contribution < -0.4 is 4.90 Å². The Hall–Kier alpha value is -1.07. The molecule has 110 valence electrons. The highest BCUT2D eigenvalue weighted by Crippen LogP contribution is 2.29. The largest absolute Gasteiger partial charge is 0.307 e. The van der Waals surface area contributed by atoms with E-state index in [1.807, 2.05) is 32.0 Å². The summed E-state index contributed by atoms with van der Waals surface area (Å²) in [5, 5.41) is 0. The normalized spacial score (nSPS) is 20.9. The van der Waals surface area contributed by atoms with Crippen molar-refractivity contribution < 1.29 is 13.2 Å². The minimum atomic E-state index is -3.05. The summed E-state index contributed by atoms with van der Waals surface area (Å²) in [6, 6.07) is 5.37. The van der Waals surface area contributed by atoms with Crippen molar-refractivity contribution in [1.82, 2.24) is 0 Å².